The number of nitriles is 1. The van der Waals surface area contributed by atoms with Gasteiger partial charge in [0.25, 0.3) is 5.91 Å². The van der Waals surface area contributed by atoms with Gasteiger partial charge in [0.1, 0.15) is 0 Å². The number of aromatic nitrogens is 2. The van der Waals surface area contributed by atoms with Crippen molar-refractivity contribution in [3.05, 3.63) is 46.2 Å². The molecule has 1 amide bonds. The molecule has 0 aliphatic rings. The number of hydrogen-bond acceptors (Lipinski definition) is 3. The molecule has 0 spiro atoms. The van der Waals surface area contributed by atoms with E-state index < -0.39 is 0 Å². The minimum Gasteiger partial charge on any atom is -0.320 e. The zero-order chi connectivity index (χ0) is 14.0. The Bertz CT molecular complexity index is 684. The fraction of sp³-hybridized carbons (Fsp3) is 0.154. The second kappa shape index (κ2) is 5.12. The summed E-state index contributed by atoms with van der Waals surface area (Å²) in [5, 5.41) is 15.9. The van der Waals surface area contributed by atoms with Gasteiger partial charge >= 0.3 is 0 Å². The highest BCUT2D eigenvalue weighted by molar-refractivity contribution is 6.34. The molecule has 2 rings (SSSR count). The van der Waals surface area contributed by atoms with E-state index in [1.54, 1.807) is 30.8 Å². The zero-order valence-electron chi connectivity index (χ0n) is 10.4. The van der Waals surface area contributed by atoms with Crippen molar-refractivity contribution in [2.75, 3.05) is 5.32 Å². The van der Waals surface area contributed by atoms with E-state index in [-0.39, 0.29) is 5.91 Å². The zero-order valence-corrected chi connectivity index (χ0v) is 11.2. The van der Waals surface area contributed by atoms with Crippen LogP contribution in [-0.2, 0) is 7.05 Å². The van der Waals surface area contributed by atoms with Crippen LogP contribution in [0, 0.1) is 18.3 Å². The standard InChI is InChI=1S/C13H11ClN4O/c1-8-10(7-16-18(8)2)13(19)17-12-5-9(6-15)3-4-11(12)14/h3-5,7H,1-2H3,(H,17,19). The summed E-state index contributed by atoms with van der Waals surface area (Å²) >= 11 is 5.98. The predicted molar refractivity (Wildman–Crippen MR) is 72.1 cm³/mol. The van der Waals surface area contributed by atoms with Gasteiger partial charge in [-0.15, -0.1) is 0 Å². The van der Waals surface area contributed by atoms with Crippen LogP contribution < -0.4 is 5.32 Å². The SMILES string of the molecule is Cc1c(C(=O)Nc2cc(C#N)ccc2Cl)cnn1C. The third kappa shape index (κ3) is 2.59. The Balaban J connectivity index is 2.29. The second-order valence-corrected chi connectivity index (χ2v) is 4.44. The van der Waals surface area contributed by atoms with Gasteiger partial charge < -0.3 is 5.32 Å². The monoisotopic (exact) mass is 274 g/mol. The van der Waals surface area contributed by atoms with Gasteiger partial charge in [-0.3, -0.25) is 9.48 Å². The first-order chi connectivity index (χ1) is 9.02. The molecule has 6 heteroatoms. The summed E-state index contributed by atoms with van der Waals surface area (Å²) in [5.74, 6) is -0.303. The molecule has 5 nitrogen and oxygen atoms in total. The number of rotatable bonds is 2. The van der Waals surface area contributed by atoms with Gasteiger partial charge in [0.2, 0.25) is 0 Å². The third-order valence-corrected chi connectivity index (χ3v) is 3.15. The minimum atomic E-state index is -0.303. The highest BCUT2D eigenvalue weighted by atomic mass is 35.5. The number of aryl methyl sites for hydroxylation is 1. The van der Waals surface area contributed by atoms with Crippen molar-refractivity contribution in [1.82, 2.24) is 9.78 Å². The summed E-state index contributed by atoms with van der Waals surface area (Å²) in [6, 6.07) is 6.70. The van der Waals surface area contributed by atoms with Crippen LogP contribution >= 0.6 is 11.6 Å². The van der Waals surface area contributed by atoms with Gasteiger partial charge in [-0.2, -0.15) is 10.4 Å². The Morgan fingerprint density at radius 1 is 1.53 bits per heavy atom. The van der Waals surface area contributed by atoms with E-state index >= 15 is 0 Å². The molecule has 0 radical (unpaired) electrons. The van der Waals surface area contributed by atoms with Crippen molar-refractivity contribution in [3.63, 3.8) is 0 Å². The molecule has 0 unspecified atom stereocenters. The molecule has 0 aliphatic heterocycles. The normalized spacial score (nSPS) is 10.0. The number of carbonyl (C=O) groups is 1. The van der Waals surface area contributed by atoms with Crippen LogP contribution in [0.1, 0.15) is 21.6 Å². The lowest BCUT2D eigenvalue weighted by Gasteiger charge is -2.07. The molecule has 0 fully saturated rings. The van der Waals surface area contributed by atoms with Gasteiger partial charge in [0.15, 0.2) is 0 Å². The maximum absolute atomic E-state index is 12.1. The quantitative estimate of drug-likeness (QED) is 0.915. The first-order valence-electron chi connectivity index (χ1n) is 5.52. The Labute approximate surface area is 115 Å². The van der Waals surface area contributed by atoms with Crippen molar-refractivity contribution in [3.8, 4) is 6.07 Å². The van der Waals surface area contributed by atoms with E-state index in [1.165, 1.54) is 12.3 Å². The highest BCUT2D eigenvalue weighted by Gasteiger charge is 2.14. The molecular weight excluding hydrogens is 264 g/mol. The van der Waals surface area contributed by atoms with Crippen LogP contribution in [-0.4, -0.2) is 15.7 Å². The van der Waals surface area contributed by atoms with E-state index in [9.17, 15) is 4.79 Å². The first kappa shape index (κ1) is 13.1. The van der Waals surface area contributed by atoms with E-state index in [4.69, 9.17) is 16.9 Å². The van der Waals surface area contributed by atoms with Crippen molar-refractivity contribution in [2.45, 2.75) is 6.92 Å². The molecule has 0 aliphatic carbocycles. The third-order valence-electron chi connectivity index (χ3n) is 2.82. The number of amides is 1. The lowest BCUT2D eigenvalue weighted by Crippen LogP contribution is -2.13. The fourth-order valence-electron chi connectivity index (χ4n) is 1.60. The number of hydrogen-bond donors (Lipinski definition) is 1. The van der Waals surface area contributed by atoms with Crippen LogP contribution in [0.5, 0.6) is 0 Å². The molecule has 1 aromatic carbocycles. The Kier molecular flexibility index (Phi) is 3.54. The maximum atomic E-state index is 12.1. The fourth-order valence-corrected chi connectivity index (χ4v) is 1.77. The lowest BCUT2D eigenvalue weighted by molar-refractivity contribution is 0.102. The van der Waals surface area contributed by atoms with Gasteiger partial charge in [-0.05, 0) is 25.1 Å². The molecule has 0 bridgehead atoms. The molecule has 0 saturated carbocycles. The number of anilines is 1. The largest absolute Gasteiger partial charge is 0.320 e. The van der Waals surface area contributed by atoms with Gasteiger partial charge in [-0.25, -0.2) is 0 Å². The van der Waals surface area contributed by atoms with Gasteiger partial charge in [-0.1, -0.05) is 11.6 Å². The number of nitrogens with one attached hydrogen (secondary N) is 1. The molecule has 1 aromatic heterocycles. The molecule has 2 aromatic rings. The summed E-state index contributed by atoms with van der Waals surface area (Å²) < 4.78 is 1.61. The highest BCUT2D eigenvalue weighted by Crippen LogP contribution is 2.23. The topological polar surface area (TPSA) is 70.7 Å². The van der Waals surface area contributed by atoms with Crippen LogP contribution in [0.25, 0.3) is 0 Å². The smallest absolute Gasteiger partial charge is 0.259 e. The molecule has 19 heavy (non-hydrogen) atoms. The Morgan fingerprint density at radius 2 is 2.26 bits per heavy atom. The Morgan fingerprint density at radius 3 is 2.84 bits per heavy atom. The van der Waals surface area contributed by atoms with Gasteiger partial charge in [0.05, 0.1) is 34.1 Å². The summed E-state index contributed by atoms with van der Waals surface area (Å²) in [7, 11) is 1.76. The van der Waals surface area contributed by atoms with Gasteiger partial charge in [0, 0.05) is 12.7 Å². The van der Waals surface area contributed by atoms with Crippen LogP contribution in [0.15, 0.2) is 24.4 Å². The van der Waals surface area contributed by atoms with E-state index in [0.717, 1.165) is 5.69 Å². The van der Waals surface area contributed by atoms with Crippen LogP contribution in [0.2, 0.25) is 5.02 Å². The second-order valence-electron chi connectivity index (χ2n) is 4.03. The number of nitrogens with zero attached hydrogens (tertiary/aromatic N) is 3. The van der Waals surface area contributed by atoms with Crippen molar-refractivity contribution in [1.29, 1.82) is 5.26 Å². The molecule has 1 heterocycles. The van der Waals surface area contributed by atoms with E-state index in [2.05, 4.69) is 10.4 Å². The summed E-state index contributed by atoms with van der Waals surface area (Å²) in [4.78, 5) is 12.1. The summed E-state index contributed by atoms with van der Waals surface area (Å²) in [5.41, 5.74) is 2.07. The van der Waals surface area contributed by atoms with E-state index in [0.29, 0.717) is 21.8 Å². The Hall–Kier alpha value is -2.32. The average Bonchev–Trinajstić information content (AvgIpc) is 2.73. The number of halogens is 1. The lowest BCUT2D eigenvalue weighted by atomic mass is 10.2. The molecule has 1 N–H and O–H groups in total. The average molecular weight is 275 g/mol. The summed E-state index contributed by atoms with van der Waals surface area (Å²) in [6.07, 6.45) is 1.49. The number of benzene rings is 1. The maximum Gasteiger partial charge on any atom is 0.259 e. The number of carbonyl (C=O) groups excluding carboxylic acids is 1. The molecule has 0 saturated heterocycles. The molecule has 0 atom stereocenters. The van der Waals surface area contributed by atoms with Crippen molar-refractivity contribution in [2.24, 2.45) is 7.05 Å². The van der Waals surface area contributed by atoms with Crippen LogP contribution in [0.4, 0.5) is 5.69 Å². The van der Waals surface area contributed by atoms with Crippen molar-refractivity contribution >= 4 is 23.2 Å². The summed E-state index contributed by atoms with van der Waals surface area (Å²) in [6.45, 7) is 1.80. The van der Waals surface area contributed by atoms with Crippen molar-refractivity contribution < 1.29 is 4.79 Å². The van der Waals surface area contributed by atoms with E-state index in [1.807, 2.05) is 6.07 Å². The molecule has 96 valence electrons. The van der Waals surface area contributed by atoms with Crippen LogP contribution in [0.3, 0.4) is 0 Å². The minimum absolute atomic E-state index is 0.303. The molecular formula is C13H11ClN4O. The first-order valence-corrected chi connectivity index (χ1v) is 5.90. The predicted octanol–water partition coefficient (Wildman–Crippen LogP) is 2.51.